The van der Waals surface area contributed by atoms with Gasteiger partial charge in [-0.15, -0.1) is 10.2 Å². The van der Waals surface area contributed by atoms with Gasteiger partial charge in [-0.05, 0) is 29.8 Å². The lowest BCUT2D eigenvalue weighted by atomic mass is 10.1. The average molecular weight is 491 g/mol. The Morgan fingerprint density at radius 3 is 2.62 bits per heavy atom. The first-order valence-corrected chi connectivity index (χ1v) is 10.9. The predicted molar refractivity (Wildman–Crippen MR) is 126 cm³/mol. The van der Waals surface area contributed by atoms with Crippen molar-refractivity contribution in [2.24, 2.45) is 0 Å². The van der Waals surface area contributed by atoms with Gasteiger partial charge >= 0.3 is 0 Å². The van der Waals surface area contributed by atoms with E-state index < -0.39 is 0 Å². The molecule has 1 aromatic carbocycles. The van der Waals surface area contributed by atoms with Gasteiger partial charge in [0, 0.05) is 42.5 Å². The van der Waals surface area contributed by atoms with E-state index in [1.807, 2.05) is 30.3 Å². The molecule has 1 fully saturated rings. The molecule has 1 amide bonds. The van der Waals surface area contributed by atoms with Crippen molar-refractivity contribution in [2.75, 3.05) is 25.0 Å². The Labute approximate surface area is 200 Å². The third kappa shape index (κ3) is 5.95. The molecule has 3 heterocycles. The van der Waals surface area contributed by atoms with Gasteiger partial charge in [0.05, 0.1) is 0 Å². The number of carbonyl (C=O) groups is 1. The minimum absolute atomic E-state index is 0.0690. The van der Waals surface area contributed by atoms with Crippen molar-refractivity contribution in [1.82, 2.24) is 20.1 Å². The van der Waals surface area contributed by atoms with Gasteiger partial charge in [0.25, 0.3) is 11.8 Å². The lowest BCUT2D eigenvalue weighted by molar-refractivity contribution is 0.0252. The molecule has 1 aliphatic rings. The Hall–Kier alpha value is -2.71. The van der Waals surface area contributed by atoms with Crippen molar-refractivity contribution in [1.29, 1.82) is 0 Å². The summed E-state index contributed by atoms with van der Waals surface area (Å²) in [4.78, 5) is 18.6. The van der Waals surface area contributed by atoms with Crippen LogP contribution in [0.2, 0.25) is 15.3 Å². The number of rotatable bonds is 7. The van der Waals surface area contributed by atoms with E-state index in [-0.39, 0.29) is 28.2 Å². The zero-order chi connectivity index (χ0) is 22.5. The number of anilines is 1. The van der Waals surface area contributed by atoms with E-state index in [0.717, 1.165) is 30.2 Å². The predicted octanol–water partition coefficient (Wildman–Crippen LogP) is 4.86. The third-order valence-corrected chi connectivity index (χ3v) is 5.36. The number of pyridine rings is 1. The van der Waals surface area contributed by atoms with Crippen LogP contribution in [0.4, 0.5) is 5.69 Å². The van der Waals surface area contributed by atoms with Gasteiger partial charge in [0.2, 0.25) is 0 Å². The van der Waals surface area contributed by atoms with Gasteiger partial charge in [-0.2, -0.15) is 0 Å². The van der Waals surface area contributed by atoms with Crippen molar-refractivity contribution in [3.8, 4) is 5.88 Å². The quantitative estimate of drug-likeness (QED) is 0.476. The topological polar surface area (TPSA) is 80.2 Å². The molecule has 1 aliphatic heterocycles. The fourth-order valence-corrected chi connectivity index (χ4v) is 3.53. The summed E-state index contributed by atoms with van der Waals surface area (Å²) in [5, 5.41) is 11.7. The van der Waals surface area contributed by atoms with E-state index in [9.17, 15) is 4.79 Å². The number of hydrogen-bond donors (Lipinski definition) is 1. The molecule has 0 saturated carbocycles. The number of likely N-dealkylation sites (tertiary alicyclic amines) is 1. The fraction of sp³-hybridized carbons (Fsp3) is 0.182. The molecule has 0 atom stereocenters. The summed E-state index contributed by atoms with van der Waals surface area (Å²) in [6, 6.07) is 12.2. The minimum Gasteiger partial charge on any atom is -0.469 e. The maximum Gasteiger partial charge on any atom is 0.258 e. The molecule has 164 valence electrons. The van der Waals surface area contributed by atoms with Crippen LogP contribution in [-0.2, 0) is 0 Å². The van der Waals surface area contributed by atoms with Gasteiger partial charge in [-0.1, -0.05) is 59.1 Å². The fourth-order valence-electron chi connectivity index (χ4n) is 3.09. The highest BCUT2D eigenvalue weighted by Gasteiger charge is 2.29. The summed E-state index contributed by atoms with van der Waals surface area (Å²) >= 11 is 17.7. The highest BCUT2D eigenvalue weighted by molar-refractivity contribution is 6.30. The van der Waals surface area contributed by atoms with E-state index in [1.54, 1.807) is 6.07 Å². The van der Waals surface area contributed by atoms with Crippen LogP contribution >= 0.6 is 34.8 Å². The summed E-state index contributed by atoms with van der Waals surface area (Å²) in [5.74, 6) is -0.171. The average Bonchev–Trinajstić information content (AvgIpc) is 2.74. The largest absolute Gasteiger partial charge is 0.469 e. The second kappa shape index (κ2) is 10.3. The van der Waals surface area contributed by atoms with Crippen molar-refractivity contribution in [2.45, 2.75) is 6.10 Å². The number of halogens is 3. The summed E-state index contributed by atoms with van der Waals surface area (Å²) in [7, 11) is 0. The maximum atomic E-state index is 12.5. The highest BCUT2D eigenvalue weighted by Crippen LogP contribution is 2.27. The molecule has 0 radical (unpaired) electrons. The van der Waals surface area contributed by atoms with Crippen LogP contribution < -0.4 is 10.1 Å². The van der Waals surface area contributed by atoms with Gasteiger partial charge in [0.15, 0.2) is 5.15 Å². The molecule has 7 nitrogen and oxygen atoms in total. The molecular formula is C22H18Cl3N5O2. The molecule has 0 bridgehead atoms. The third-order valence-electron chi connectivity index (χ3n) is 4.71. The minimum atomic E-state index is -0.384. The van der Waals surface area contributed by atoms with E-state index in [0.29, 0.717) is 11.3 Å². The van der Waals surface area contributed by atoms with Crippen LogP contribution in [0, 0.1) is 0 Å². The van der Waals surface area contributed by atoms with Crippen molar-refractivity contribution in [3.63, 3.8) is 0 Å². The number of hydrogen-bond acceptors (Lipinski definition) is 6. The molecule has 1 N–H and O–H groups in total. The van der Waals surface area contributed by atoms with Crippen LogP contribution in [0.5, 0.6) is 5.88 Å². The molecule has 32 heavy (non-hydrogen) atoms. The van der Waals surface area contributed by atoms with Crippen LogP contribution in [0.1, 0.15) is 15.9 Å². The van der Waals surface area contributed by atoms with Crippen molar-refractivity contribution in [3.05, 3.63) is 81.2 Å². The molecule has 0 aliphatic carbocycles. The maximum absolute atomic E-state index is 12.5. The number of nitrogens with zero attached hydrogens (tertiary/aromatic N) is 4. The standard InChI is InChI=1S/C22H18Cl3N5O2/c23-16-5-3-14(4-6-16)2-1-9-30-12-17(13-30)32-22-18(11-20(25)28-29-22)27-21(31)15-7-8-26-19(24)10-15/h1-8,10-11,17H,9,12-13H2,(H,27,28,31). The lowest BCUT2D eigenvalue weighted by Crippen LogP contribution is -2.53. The second-order valence-corrected chi connectivity index (χ2v) is 8.33. The molecular weight excluding hydrogens is 473 g/mol. The Kier molecular flexibility index (Phi) is 7.22. The molecule has 2 aromatic heterocycles. The summed E-state index contributed by atoms with van der Waals surface area (Å²) in [6.45, 7) is 2.24. The summed E-state index contributed by atoms with van der Waals surface area (Å²) in [6.07, 6.45) is 5.53. The molecule has 4 rings (SSSR count). The van der Waals surface area contributed by atoms with Gasteiger partial charge < -0.3 is 10.1 Å². The van der Waals surface area contributed by atoms with E-state index in [4.69, 9.17) is 39.5 Å². The van der Waals surface area contributed by atoms with Gasteiger partial charge in [0.1, 0.15) is 16.9 Å². The number of nitrogens with one attached hydrogen (secondary N) is 1. The summed E-state index contributed by atoms with van der Waals surface area (Å²) in [5.41, 5.74) is 1.78. The highest BCUT2D eigenvalue weighted by atomic mass is 35.5. The van der Waals surface area contributed by atoms with E-state index in [1.165, 1.54) is 18.3 Å². The Morgan fingerprint density at radius 2 is 1.88 bits per heavy atom. The van der Waals surface area contributed by atoms with Crippen LogP contribution in [0.3, 0.4) is 0 Å². The number of aromatic nitrogens is 3. The van der Waals surface area contributed by atoms with Gasteiger partial charge in [-0.3, -0.25) is 9.69 Å². The zero-order valence-electron chi connectivity index (χ0n) is 16.7. The SMILES string of the molecule is O=C(Nc1cc(Cl)nnc1OC1CN(CC=Cc2ccc(Cl)cc2)C1)c1ccnc(Cl)c1. The second-order valence-electron chi connectivity index (χ2n) is 7.12. The smallest absolute Gasteiger partial charge is 0.258 e. The molecule has 1 saturated heterocycles. The van der Waals surface area contributed by atoms with E-state index in [2.05, 4.69) is 31.5 Å². The van der Waals surface area contributed by atoms with Crippen LogP contribution in [-0.4, -0.2) is 51.7 Å². The number of amides is 1. The first-order valence-electron chi connectivity index (χ1n) is 9.73. The van der Waals surface area contributed by atoms with Gasteiger partial charge in [-0.25, -0.2) is 4.98 Å². The summed E-state index contributed by atoms with van der Waals surface area (Å²) < 4.78 is 5.94. The lowest BCUT2D eigenvalue weighted by Gasteiger charge is -2.38. The molecule has 0 spiro atoms. The zero-order valence-corrected chi connectivity index (χ0v) is 19.0. The van der Waals surface area contributed by atoms with Crippen molar-refractivity contribution >= 4 is 52.5 Å². The Balaban J connectivity index is 1.32. The molecule has 0 unspecified atom stereocenters. The van der Waals surface area contributed by atoms with Crippen molar-refractivity contribution < 1.29 is 9.53 Å². The number of benzene rings is 1. The first-order chi connectivity index (χ1) is 15.5. The van der Waals surface area contributed by atoms with E-state index >= 15 is 0 Å². The van der Waals surface area contributed by atoms with Crippen LogP contribution in [0.15, 0.2) is 54.7 Å². The molecule has 3 aromatic rings. The number of ether oxygens (including phenoxy) is 1. The monoisotopic (exact) mass is 489 g/mol. The Bertz CT molecular complexity index is 1130. The molecule has 10 heteroatoms. The normalized spacial score (nSPS) is 14.3. The Morgan fingerprint density at radius 1 is 1.09 bits per heavy atom. The first kappa shape index (κ1) is 22.5. The van der Waals surface area contributed by atoms with Crippen LogP contribution in [0.25, 0.3) is 6.08 Å². The number of carbonyl (C=O) groups excluding carboxylic acids is 1.